The molecule has 8 heteroatoms. The van der Waals surface area contributed by atoms with E-state index < -0.39 is 0 Å². The van der Waals surface area contributed by atoms with Crippen LogP contribution in [0.5, 0.6) is 0 Å². The summed E-state index contributed by atoms with van der Waals surface area (Å²) in [6.45, 7) is 2.99. The minimum absolute atomic E-state index is 0.152. The zero-order valence-electron chi connectivity index (χ0n) is 19.2. The van der Waals surface area contributed by atoms with Crippen LogP contribution in [0.1, 0.15) is 13.3 Å². The van der Waals surface area contributed by atoms with E-state index in [4.69, 9.17) is 19.6 Å². The van der Waals surface area contributed by atoms with Gasteiger partial charge in [0.1, 0.15) is 16.9 Å². The molecular formula is C27H25N5O3. The summed E-state index contributed by atoms with van der Waals surface area (Å²) in [6.07, 6.45) is 0.241. The number of rotatable bonds is 7. The average Bonchev–Trinajstić information content (AvgIpc) is 3.27. The van der Waals surface area contributed by atoms with Gasteiger partial charge in [-0.3, -0.25) is 4.79 Å². The summed E-state index contributed by atoms with van der Waals surface area (Å²) < 4.78 is 12.1. The van der Waals surface area contributed by atoms with E-state index in [1.807, 2.05) is 79.7 Å². The molecule has 0 bridgehead atoms. The molecule has 5 aromatic rings. The van der Waals surface area contributed by atoms with E-state index in [1.54, 1.807) is 0 Å². The summed E-state index contributed by atoms with van der Waals surface area (Å²) in [7, 11) is 0. The lowest BCUT2D eigenvalue weighted by Crippen LogP contribution is -2.16. The van der Waals surface area contributed by atoms with Crippen LogP contribution in [-0.2, 0) is 4.79 Å². The van der Waals surface area contributed by atoms with Crippen molar-refractivity contribution in [2.45, 2.75) is 13.3 Å². The number of amides is 1. The van der Waals surface area contributed by atoms with Crippen LogP contribution in [0, 0.1) is 0 Å². The van der Waals surface area contributed by atoms with Gasteiger partial charge in [0.2, 0.25) is 5.91 Å². The summed E-state index contributed by atoms with van der Waals surface area (Å²) >= 11 is 0. The van der Waals surface area contributed by atoms with Crippen molar-refractivity contribution in [2.75, 3.05) is 23.7 Å². The number of carbonyl (C=O) groups excluding carboxylic acids is 1. The molecule has 0 atom stereocenters. The SMILES string of the molecule is CCNc1nc2ccc(-c3c/c(=N\c4ccccc4NC(=O)CCN)c4ccccc4o3)cc2o1. The Bertz CT molecular complexity index is 1590. The lowest BCUT2D eigenvalue weighted by atomic mass is 10.1. The molecule has 0 spiro atoms. The van der Waals surface area contributed by atoms with Gasteiger partial charge in [0.25, 0.3) is 6.01 Å². The van der Waals surface area contributed by atoms with Crippen LogP contribution in [0.2, 0.25) is 0 Å². The molecule has 5 rings (SSSR count). The number of fused-ring (bicyclic) bond motifs is 2. The molecular weight excluding hydrogens is 442 g/mol. The van der Waals surface area contributed by atoms with Crippen molar-refractivity contribution in [3.05, 3.63) is 78.2 Å². The van der Waals surface area contributed by atoms with Gasteiger partial charge in [0, 0.05) is 36.5 Å². The van der Waals surface area contributed by atoms with Crippen molar-refractivity contribution in [3.63, 3.8) is 0 Å². The number of nitrogens with two attached hydrogens (primary N) is 1. The maximum Gasteiger partial charge on any atom is 0.295 e. The topological polar surface area (TPSA) is 119 Å². The summed E-state index contributed by atoms with van der Waals surface area (Å²) in [6, 6.07) is 23.3. The van der Waals surface area contributed by atoms with Crippen LogP contribution in [0.15, 0.2) is 86.6 Å². The second-order valence-corrected chi connectivity index (χ2v) is 7.94. The van der Waals surface area contributed by atoms with E-state index in [2.05, 4.69) is 15.6 Å². The first-order valence-corrected chi connectivity index (χ1v) is 11.5. The van der Waals surface area contributed by atoms with E-state index in [0.29, 0.717) is 39.7 Å². The van der Waals surface area contributed by atoms with E-state index in [1.165, 1.54) is 0 Å². The number of anilines is 2. The summed E-state index contributed by atoms with van der Waals surface area (Å²) in [5.41, 5.74) is 9.74. The molecule has 0 aliphatic rings. The van der Waals surface area contributed by atoms with E-state index >= 15 is 0 Å². The largest absolute Gasteiger partial charge is 0.456 e. The van der Waals surface area contributed by atoms with Gasteiger partial charge in [-0.1, -0.05) is 24.3 Å². The van der Waals surface area contributed by atoms with E-state index in [-0.39, 0.29) is 18.9 Å². The molecule has 8 nitrogen and oxygen atoms in total. The molecule has 2 heterocycles. The normalized spacial score (nSPS) is 11.8. The summed E-state index contributed by atoms with van der Waals surface area (Å²) in [5.74, 6) is 0.483. The molecule has 0 radical (unpaired) electrons. The third-order valence-electron chi connectivity index (χ3n) is 5.44. The highest BCUT2D eigenvalue weighted by molar-refractivity contribution is 5.93. The number of hydrogen-bond donors (Lipinski definition) is 3. The van der Waals surface area contributed by atoms with Crippen LogP contribution in [0.25, 0.3) is 33.4 Å². The fourth-order valence-electron chi connectivity index (χ4n) is 3.81. The minimum Gasteiger partial charge on any atom is -0.456 e. The van der Waals surface area contributed by atoms with Crippen molar-refractivity contribution in [1.29, 1.82) is 0 Å². The molecule has 0 saturated heterocycles. The van der Waals surface area contributed by atoms with E-state index in [0.717, 1.165) is 23.0 Å². The fourth-order valence-corrected chi connectivity index (χ4v) is 3.81. The quantitative estimate of drug-likeness (QED) is 0.303. The Morgan fingerprint density at radius 1 is 1.00 bits per heavy atom. The minimum atomic E-state index is -0.152. The highest BCUT2D eigenvalue weighted by Crippen LogP contribution is 2.29. The van der Waals surface area contributed by atoms with Crippen LogP contribution in [0.4, 0.5) is 17.4 Å². The average molecular weight is 468 g/mol. The summed E-state index contributed by atoms with van der Waals surface area (Å²) in [5, 5.41) is 7.56. The van der Waals surface area contributed by atoms with Crippen molar-refractivity contribution >= 4 is 45.4 Å². The Morgan fingerprint density at radius 2 is 1.83 bits per heavy atom. The van der Waals surface area contributed by atoms with Gasteiger partial charge in [0.15, 0.2) is 5.58 Å². The van der Waals surface area contributed by atoms with Gasteiger partial charge in [-0.15, -0.1) is 0 Å². The number of nitrogens with one attached hydrogen (secondary N) is 2. The van der Waals surface area contributed by atoms with Crippen LogP contribution in [0.3, 0.4) is 0 Å². The number of hydrogen-bond acceptors (Lipinski definition) is 7. The third kappa shape index (κ3) is 4.78. The van der Waals surface area contributed by atoms with Crippen molar-refractivity contribution in [1.82, 2.24) is 4.98 Å². The van der Waals surface area contributed by atoms with Gasteiger partial charge in [-0.25, -0.2) is 4.99 Å². The highest BCUT2D eigenvalue weighted by atomic mass is 16.4. The lowest BCUT2D eigenvalue weighted by molar-refractivity contribution is -0.116. The highest BCUT2D eigenvalue weighted by Gasteiger charge is 2.11. The molecule has 1 amide bonds. The summed E-state index contributed by atoms with van der Waals surface area (Å²) in [4.78, 5) is 21.5. The van der Waals surface area contributed by atoms with Crippen LogP contribution in [-0.4, -0.2) is 24.0 Å². The first-order chi connectivity index (χ1) is 17.1. The molecule has 0 unspecified atom stereocenters. The zero-order chi connectivity index (χ0) is 24.2. The van der Waals surface area contributed by atoms with Gasteiger partial charge in [0.05, 0.1) is 16.7 Å². The second kappa shape index (κ2) is 9.82. The molecule has 4 N–H and O–H groups in total. The standard InChI is InChI=1S/C27H25N5O3/c1-2-29-27-32-21-12-11-17(15-25(21)35-27)24-16-22(18-7-3-6-10-23(18)34-24)30-19-8-4-5-9-20(19)31-26(33)13-14-28/h3-12,15-16H,2,13-14,28H2,1H3,(H,29,32)(H,31,33)/b30-22+. The van der Waals surface area contributed by atoms with Crippen molar-refractivity contribution in [3.8, 4) is 11.3 Å². The van der Waals surface area contributed by atoms with Crippen molar-refractivity contribution < 1.29 is 13.6 Å². The smallest absolute Gasteiger partial charge is 0.295 e. The Morgan fingerprint density at radius 3 is 2.69 bits per heavy atom. The maximum absolute atomic E-state index is 12.2. The third-order valence-corrected chi connectivity index (χ3v) is 5.44. The number of para-hydroxylation sites is 3. The monoisotopic (exact) mass is 467 g/mol. The predicted octanol–water partition coefficient (Wildman–Crippen LogP) is 5.19. The Balaban J connectivity index is 1.64. The second-order valence-electron chi connectivity index (χ2n) is 7.94. The number of carbonyl (C=O) groups is 1. The lowest BCUT2D eigenvalue weighted by Gasteiger charge is -2.08. The maximum atomic E-state index is 12.2. The molecule has 0 saturated carbocycles. The first-order valence-electron chi connectivity index (χ1n) is 11.5. The molecule has 0 aliphatic heterocycles. The molecule has 3 aromatic carbocycles. The molecule has 0 aliphatic carbocycles. The van der Waals surface area contributed by atoms with Crippen LogP contribution < -0.4 is 21.7 Å². The molecule has 176 valence electrons. The molecule has 35 heavy (non-hydrogen) atoms. The fraction of sp³-hybridized carbons (Fsp3) is 0.148. The zero-order valence-corrected chi connectivity index (χ0v) is 19.2. The van der Waals surface area contributed by atoms with Gasteiger partial charge < -0.3 is 25.2 Å². The Labute approximate surface area is 201 Å². The molecule has 2 aromatic heterocycles. The Hall–Kier alpha value is -4.43. The molecule has 0 fully saturated rings. The van der Waals surface area contributed by atoms with E-state index in [9.17, 15) is 4.79 Å². The first kappa shape index (κ1) is 22.4. The van der Waals surface area contributed by atoms with Crippen molar-refractivity contribution in [2.24, 2.45) is 10.7 Å². The number of benzene rings is 3. The van der Waals surface area contributed by atoms with Gasteiger partial charge >= 0.3 is 0 Å². The Kier molecular flexibility index (Phi) is 6.28. The van der Waals surface area contributed by atoms with Crippen LogP contribution >= 0.6 is 0 Å². The van der Waals surface area contributed by atoms with Gasteiger partial charge in [-0.05, 0) is 49.4 Å². The number of nitrogens with zero attached hydrogens (tertiary/aromatic N) is 2. The number of oxazole rings is 1. The predicted molar refractivity (Wildman–Crippen MR) is 137 cm³/mol. The number of aromatic nitrogens is 1. The van der Waals surface area contributed by atoms with Gasteiger partial charge in [-0.2, -0.15) is 4.98 Å².